The summed E-state index contributed by atoms with van der Waals surface area (Å²) in [7, 11) is -1.07. The molecule has 1 aliphatic rings. The van der Waals surface area contributed by atoms with Crippen molar-refractivity contribution in [1.82, 2.24) is 4.90 Å². The third-order valence-corrected chi connectivity index (χ3v) is 6.04. The van der Waals surface area contributed by atoms with Crippen molar-refractivity contribution in [2.75, 3.05) is 25.9 Å². The molecule has 4 nitrogen and oxygen atoms in total. The molecule has 0 aromatic carbocycles. The molecule has 0 aliphatic heterocycles. The number of aliphatic hydroxyl groups excluding tert-OH is 1. The van der Waals surface area contributed by atoms with Gasteiger partial charge in [0.05, 0.1) is 16.6 Å². The zero-order valence-electron chi connectivity index (χ0n) is 11.3. The van der Waals surface area contributed by atoms with Crippen LogP contribution in [0.25, 0.3) is 0 Å². The Morgan fingerprint density at radius 3 is 2.24 bits per heavy atom. The SMILES string of the molecule is CN(CCS(=O)(=O)C(C)(C)C)CC1CC(O)C1. The van der Waals surface area contributed by atoms with E-state index < -0.39 is 14.6 Å². The van der Waals surface area contributed by atoms with Gasteiger partial charge in [-0.3, -0.25) is 0 Å². The van der Waals surface area contributed by atoms with Gasteiger partial charge in [0.2, 0.25) is 0 Å². The molecule has 102 valence electrons. The van der Waals surface area contributed by atoms with Gasteiger partial charge in [0.15, 0.2) is 9.84 Å². The minimum atomic E-state index is -3.02. The van der Waals surface area contributed by atoms with Crippen LogP contribution in [-0.4, -0.2) is 55.2 Å². The average molecular weight is 263 g/mol. The van der Waals surface area contributed by atoms with Crippen molar-refractivity contribution in [1.29, 1.82) is 0 Å². The van der Waals surface area contributed by atoms with Gasteiger partial charge in [-0.15, -0.1) is 0 Å². The molecular weight excluding hydrogens is 238 g/mol. The maximum absolute atomic E-state index is 11.9. The van der Waals surface area contributed by atoms with E-state index in [1.807, 2.05) is 7.05 Å². The van der Waals surface area contributed by atoms with Crippen LogP contribution in [0.5, 0.6) is 0 Å². The molecule has 0 saturated heterocycles. The van der Waals surface area contributed by atoms with Crippen LogP contribution in [0.4, 0.5) is 0 Å². The lowest BCUT2D eigenvalue weighted by molar-refractivity contribution is 0.0291. The molecule has 0 aromatic heterocycles. The molecular formula is C12H25NO3S. The fourth-order valence-corrected chi connectivity index (χ4v) is 3.13. The molecule has 1 fully saturated rings. The Morgan fingerprint density at radius 2 is 1.82 bits per heavy atom. The van der Waals surface area contributed by atoms with Gasteiger partial charge in [0.1, 0.15) is 0 Å². The Labute approximate surface area is 105 Å². The normalized spacial score (nSPS) is 26.0. The fourth-order valence-electron chi connectivity index (χ4n) is 1.96. The Hall–Kier alpha value is -0.130. The second kappa shape index (κ2) is 5.24. The van der Waals surface area contributed by atoms with Gasteiger partial charge >= 0.3 is 0 Å². The molecule has 0 heterocycles. The maximum Gasteiger partial charge on any atom is 0.156 e. The maximum atomic E-state index is 11.9. The fraction of sp³-hybridized carbons (Fsp3) is 1.00. The smallest absolute Gasteiger partial charge is 0.156 e. The van der Waals surface area contributed by atoms with Crippen molar-refractivity contribution in [2.24, 2.45) is 5.92 Å². The van der Waals surface area contributed by atoms with Crippen molar-refractivity contribution < 1.29 is 13.5 Å². The summed E-state index contributed by atoms with van der Waals surface area (Å²) in [6.45, 7) is 6.68. The molecule has 0 unspecified atom stereocenters. The van der Waals surface area contributed by atoms with E-state index in [0.29, 0.717) is 12.5 Å². The summed E-state index contributed by atoms with van der Waals surface area (Å²) < 4.78 is 23.2. The van der Waals surface area contributed by atoms with Gasteiger partial charge < -0.3 is 10.0 Å². The van der Waals surface area contributed by atoms with Crippen LogP contribution in [0.2, 0.25) is 0 Å². The topological polar surface area (TPSA) is 57.6 Å². The van der Waals surface area contributed by atoms with E-state index in [9.17, 15) is 13.5 Å². The summed E-state index contributed by atoms with van der Waals surface area (Å²) in [5, 5.41) is 9.18. The summed E-state index contributed by atoms with van der Waals surface area (Å²) in [6, 6.07) is 0. The van der Waals surface area contributed by atoms with E-state index in [1.165, 1.54) is 0 Å². The minimum absolute atomic E-state index is 0.133. The number of aliphatic hydroxyl groups is 1. The van der Waals surface area contributed by atoms with E-state index in [-0.39, 0.29) is 11.9 Å². The van der Waals surface area contributed by atoms with Gasteiger partial charge in [-0.2, -0.15) is 0 Å². The lowest BCUT2D eigenvalue weighted by Gasteiger charge is -2.34. The molecule has 0 spiro atoms. The Kier molecular flexibility index (Phi) is 4.60. The van der Waals surface area contributed by atoms with Crippen LogP contribution in [0, 0.1) is 5.92 Å². The standard InChI is InChI=1S/C12H25NO3S/c1-12(2,3)17(15,16)6-5-13(4)9-10-7-11(14)8-10/h10-11,14H,5-9H2,1-4H3. The van der Waals surface area contributed by atoms with Gasteiger partial charge in [-0.05, 0) is 46.6 Å². The molecule has 1 aliphatic carbocycles. The van der Waals surface area contributed by atoms with Crippen molar-refractivity contribution in [2.45, 2.75) is 44.5 Å². The molecule has 0 atom stereocenters. The van der Waals surface area contributed by atoms with Crippen LogP contribution in [0.3, 0.4) is 0 Å². The van der Waals surface area contributed by atoms with E-state index in [4.69, 9.17) is 0 Å². The zero-order chi connectivity index (χ0) is 13.3. The van der Waals surface area contributed by atoms with Crippen LogP contribution < -0.4 is 0 Å². The molecule has 1 saturated carbocycles. The summed E-state index contributed by atoms with van der Waals surface area (Å²) in [6.07, 6.45) is 1.58. The van der Waals surface area contributed by atoms with Crippen LogP contribution in [0.1, 0.15) is 33.6 Å². The summed E-state index contributed by atoms with van der Waals surface area (Å²) in [5.41, 5.74) is 0. The largest absolute Gasteiger partial charge is 0.393 e. The van der Waals surface area contributed by atoms with E-state index >= 15 is 0 Å². The van der Waals surface area contributed by atoms with Crippen molar-refractivity contribution >= 4 is 9.84 Å². The summed E-state index contributed by atoms with van der Waals surface area (Å²) in [5.74, 6) is 0.745. The molecule has 1 rings (SSSR count). The molecule has 1 N–H and O–H groups in total. The molecule has 0 bridgehead atoms. The number of rotatable bonds is 5. The Bertz CT molecular complexity index is 339. The summed E-state index contributed by atoms with van der Waals surface area (Å²) >= 11 is 0. The van der Waals surface area contributed by atoms with Gasteiger partial charge in [0.25, 0.3) is 0 Å². The van der Waals surface area contributed by atoms with E-state index in [1.54, 1.807) is 20.8 Å². The lowest BCUT2D eigenvalue weighted by atomic mass is 9.82. The number of hydrogen-bond donors (Lipinski definition) is 1. The molecule has 0 amide bonds. The van der Waals surface area contributed by atoms with Crippen molar-refractivity contribution in [3.63, 3.8) is 0 Å². The summed E-state index contributed by atoms with van der Waals surface area (Å²) in [4.78, 5) is 2.06. The van der Waals surface area contributed by atoms with Gasteiger partial charge in [-0.1, -0.05) is 0 Å². The van der Waals surface area contributed by atoms with E-state index in [2.05, 4.69) is 4.90 Å². The predicted molar refractivity (Wildman–Crippen MR) is 69.8 cm³/mol. The first-order chi connectivity index (χ1) is 7.62. The van der Waals surface area contributed by atoms with Crippen LogP contribution in [-0.2, 0) is 9.84 Å². The van der Waals surface area contributed by atoms with Crippen LogP contribution in [0.15, 0.2) is 0 Å². The monoisotopic (exact) mass is 263 g/mol. The third kappa shape index (κ3) is 4.23. The predicted octanol–water partition coefficient (Wildman–Crippen LogP) is 0.902. The molecule has 0 radical (unpaired) electrons. The van der Waals surface area contributed by atoms with Crippen molar-refractivity contribution in [3.05, 3.63) is 0 Å². The highest BCUT2D eigenvalue weighted by molar-refractivity contribution is 7.92. The molecule has 0 aromatic rings. The number of sulfone groups is 1. The first kappa shape index (κ1) is 14.9. The minimum Gasteiger partial charge on any atom is -0.393 e. The highest BCUT2D eigenvalue weighted by Gasteiger charge is 2.30. The first-order valence-corrected chi connectivity index (χ1v) is 7.86. The average Bonchev–Trinajstić information content (AvgIpc) is 2.10. The molecule has 17 heavy (non-hydrogen) atoms. The second-order valence-electron chi connectivity index (χ2n) is 6.18. The number of nitrogens with zero attached hydrogens (tertiary/aromatic N) is 1. The van der Waals surface area contributed by atoms with Crippen molar-refractivity contribution in [3.8, 4) is 0 Å². The highest BCUT2D eigenvalue weighted by atomic mass is 32.2. The van der Waals surface area contributed by atoms with Crippen LogP contribution >= 0.6 is 0 Å². The third-order valence-electron chi connectivity index (χ3n) is 3.46. The second-order valence-corrected chi connectivity index (χ2v) is 9.05. The molecule has 5 heteroatoms. The van der Waals surface area contributed by atoms with E-state index in [0.717, 1.165) is 19.4 Å². The quantitative estimate of drug-likeness (QED) is 0.801. The van der Waals surface area contributed by atoms with Gasteiger partial charge in [0, 0.05) is 13.1 Å². The van der Waals surface area contributed by atoms with Gasteiger partial charge in [-0.25, -0.2) is 8.42 Å². The highest BCUT2D eigenvalue weighted by Crippen LogP contribution is 2.27. The Balaban J connectivity index is 2.31. The Morgan fingerprint density at radius 1 is 1.29 bits per heavy atom. The lowest BCUT2D eigenvalue weighted by Crippen LogP contribution is -2.40. The zero-order valence-corrected chi connectivity index (χ0v) is 12.1. The first-order valence-electron chi connectivity index (χ1n) is 6.21. The number of hydrogen-bond acceptors (Lipinski definition) is 4.